The van der Waals surface area contributed by atoms with Gasteiger partial charge in [0, 0.05) is 11.1 Å². The molecule has 1 atom stereocenters. The first-order valence-electron chi connectivity index (χ1n) is 17.9. The zero-order valence-corrected chi connectivity index (χ0v) is 31.3. The van der Waals surface area contributed by atoms with Crippen molar-refractivity contribution in [3.63, 3.8) is 0 Å². The minimum atomic E-state index is -2.92. The standard InChI is InChI=1S/C41H8F18N4O4/c42-17-13(18(43)24(49)29(54)23(17)48)9-5-1-2-7(60-5)11-15-21(46)27(52)31(56)33(58)36(15)65-39(11)63-40-12(16-22(47)28(53)32(57)34(59)37(16)66-40)8-4-3-6(61-8)10(38-62-35(9)41(64)67-38)14-19(44)25(50)30(55)26(51)20(14)45/h1-4,41,60-61,64H. The van der Waals surface area contributed by atoms with E-state index in [2.05, 4.69) is 19.9 Å². The molecule has 5 aromatic heterocycles. The highest BCUT2D eigenvalue weighted by molar-refractivity contribution is 6.15. The number of halogens is 18. The van der Waals surface area contributed by atoms with Crippen molar-refractivity contribution < 1.29 is 97.7 Å². The molecule has 0 aliphatic carbocycles. The molecule has 9 aromatic rings. The van der Waals surface area contributed by atoms with Crippen LogP contribution in [0.1, 0.15) is 12.0 Å². The van der Waals surface area contributed by atoms with E-state index >= 15 is 35.1 Å². The predicted octanol–water partition coefficient (Wildman–Crippen LogP) is 12.7. The van der Waals surface area contributed by atoms with E-state index in [1.807, 2.05) is 0 Å². The van der Waals surface area contributed by atoms with Gasteiger partial charge in [-0.2, -0.15) is 13.8 Å². The van der Waals surface area contributed by atoms with Crippen LogP contribution in [0.2, 0.25) is 0 Å². The van der Waals surface area contributed by atoms with Gasteiger partial charge in [-0.15, -0.1) is 0 Å². The fourth-order valence-electron chi connectivity index (χ4n) is 7.55. The Balaban J connectivity index is 1.55. The molecule has 1 aliphatic heterocycles. The number of aromatic nitrogens is 4. The highest BCUT2D eigenvalue weighted by atomic mass is 19.2. The molecule has 0 fully saturated rings. The number of furan rings is 2. The molecule has 67 heavy (non-hydrogen) atoms. The van der Waals surface area contributed by atoms with Gasteiger partial charge in [0.15, 0.2) is 81.0 Å². The van der Waals surface area contributed by atoms with Crippen LogP contribution in [0.5, 0.6) is 5.88 Å². The lowest BCUT2D eigenvalue weighted by molar-refractivity contribution is -0.00790. The number of aliphatic hydroxyl groups excluding tert-OH is 1. The average molecular weight is 963 g/mol. The Kier molecular flexibility index (Phi) is 9.34. The van der Waals surface area contributed by atoms with Crippen molar-refractivity contribution >= 4 is 66.2 Å². The predicted molar refractivity (Wildman–Crippen MR) is 191 cm³/mol. The zero-order chi connectivity index (χ0) is 48.1. The van der Waals surface area contributed by atoms with Gasteiger partial charge in [0.05, 0.1) is 54.8 Å². The monoisotopic (exact) mass is 962 g/mol. The van der Waals surface area contributed by atoms with Crippen molar-refractivity contribution in [2.75, 3.05) is 0 Å². The fourth-order valence-corrected chi connectivity index (χ4v) is 7.55. The summed E-state index contributed by atoms with van der Waals surface area (Å²) in [4.78, 5) is 12.0. The summed E-state index contributed by atoms with van der Waals surface area (Å²) in [5.74, 6) is -47.6. The normalized spacial score (nSPS) is 13.6. The van der Waals surface area contributed by atoms with Crippen LogP contribution < -0.4 is 4.74 Å². The number of hydrogen-bond acceptors (Lipinski definition) is 6. The summed E-state index contributed by atoms with van der Waals surface area (Å²) < 4.78 is 289. The minimum Gasteiger partial charge on any atom is -0.441 e. The molecule has 0 amide bonds. The van der Waals surface area contributed by atoms with Gasteiger partial charge >= 0.3 is 0 Å². The van der Waals surface area contributed by atoms with E-state index in [-0.39, 0.29) is 0 Å². The van der Waals surface area contributed by atoms with E-state index in [4.69, 9.17) is 13.6 Å². The number of hydrogen-bond donors (Lipinski definition) is 3. The van der Waals surface area contributed by atoms with Gasteiger partial charge < -0.3 is 28.6 Å². The van der Waals surface area contributed by atoms with Crippen LogP contribution in [0.3, 0.4) is 0 Å². The van der Waals surface area contributed by atoms with Crippen LogP contribution in [0.25, 0.3) is 88.5 Å². The number of benzene rings is 4. The van der Waals surface area contributed by atoms with E-state index in [1.54, 1.807) is 0 Å². The second kappa shape index (κ2) is 14.6. The first-order valence-corrected chi connectivity index (χ1v) is 17.9. The minimum absolute atomic E-state index is 0.596. The van der Waals surface area contributed by atoms with E-state index in [9.17, 15) is 49.0 Å². The summed E-state index contributed by atoms with van der Waals surface area (Å²) in [6.07, 6.45) is -2.92. The molecule has 0 saturated heterocycles. The number of rotatable bonds is 2. The highest BCUT2D eigenvalue weighted by Gasteiger charge is 2.37. The van der Waals surface area contributed by atoms with Gasteiger partial charge in [0.1, 0.15) is 5.69 Å². The molecular formula is C41H8F18N4O4. The molecule has 0 spiro atoms. The molecule has 6 bridgehead atoms. The Labute approximate surface area is 352 Å². The summed E-state index contributed by atoms with van der Waals surface area (Å²) in [5.41, 5.74) is -17.9. The molecule has 3 N–H and O–H groups in total. The van der Waals surface area contributed by atoms with Gasteiger partial charge in [-0.1, -0.05) is 0 Å². The van der Waals surface area contributed by atoms with Crippen molar-refractivity contribution in [1.29, 1.82) is 0 Å². The molecule has 10 rings (SSSR count). The third-order valence-corrected chi connectivity index (χ3v) is 10.5. The summed E-state index contributed by atoms with van der Waals surface area (Å²) in [7, 11) is 0. The summed E-state index contributed by atoms with van der Waals surface area (Å²) >= 11 is 0. The van der Waals surface area contributed by atoms with Crippen LogP contribution in [0.4, 0.5) is 79.0 Å². The molecule has 342 valence electrons. The van der Waals surface area contributed by atoms with Crippen LogP contribution in [-0.4, -0.2) is 25.0 Å². The van der Waals surface area contributed by atoms with Crippen LogP contribution in [0, 0.1) is 105 Å². The van der Waals surface area contributed by atoms with Crippen molar-refractivity contribution in [3.05, 3.63) is 135 Å². The first kappa shape index (κ1) is 43.0. The van der Waals surface area contributed by atoms with E-state index in [1.165, 1.54) is 0 Å². The Bertz CT molecular complexity index is 3880. The van der Waals surface area contributed by atoms with Gasteiger partial charge in [0.2, 0.25) is 58.5 Å². The molecule has 0 saturated carbocycles. The molecule has 6 heterocycles. The van der Waals surface area contributed by atoms with E-state index in [0.29, 0.717) is 24.3 Å². The maximum Gasteiger partial charge on any atom is 0.244 e. The quantitative estimate of drug-likeness (QED) is 0.0904. The topological polar surface area (TPSA) is 113 Å². The summed E-state index contributed by atoms with van der Waals surface area (Å²) in [5, 5.41) is 6.25. The van der Waals surface area contributed by atoms with Crippen molar-refractivity contribution in [3.8, 4) is 28.1 Å². The van der Waals surface area contributed by atoms with E-state index in [0.717, 1.165) is 0 Å². The van der Waals surface area contributed by atoms with Gasteiger partial charge in [-0.3, -0.25) is 0 Å². The second-order valence-electron chi connectivity index (χ2n) is 14.1. The Morgan fingerprint density at radius 3 is 1.10 bits per heavy atom. The van der Waals surface area contributed by atoms with Crippen LogP contribution >= 0.6 is 0 Å². The summed E-state index contributed by atoms with van der Waals surface area (Å²) in [6, 6.07) is 2.51. The molecule has 0 radical (unpaired) electrons. The second-order valence-corrected chi connectivity index (χ2v) is 14.1. The average Bonchev–Trinajstić information content (AvgIpc) is 4.17. The molecule has 8 nitrogen and oxygen atoms in total. The zero-order valence-electron chi connectivity index (χ0n) is 31.3. The highest BCUT2D eigenvalue weighted by Crippen LogP contribution is 2.46. The Hall–Kier alpha value is -7.90. The fraction of sp³-hybridized carbons (Fsp3) is 0.0244. The van der Waals surface area contributed by atoms with Gasteiger partial charge in [0.25, 0.3) is 0 Å². The number of aliphatic hydroxyl groups is 1. The third-order valence-electron chi connectivity index (χ3n) is 10.5. The number of fused-ring (bicyclic) bond motifs is 14. The third kappa shape index (κ3) is 5.76. The van der Waals surface area contributed by atoms with E-state index < -0.39 is 211 Å². The molecule has 26 heteroatoms. The molecular weight excluding hydrogens is 954 g/mol. The van der Waals surface area contributed by atoms with Gasteiger partial charge in [-0.25, -0.2) is 75.2 Å². The van der Waals surface area contributed by atoms with Crippen molar-refractivity contribution in [1.82, 2.24) is 19.9 Å². The lowest BCUT2D eigenvalue weighted by atomic mass is 10.0. The molecule has 4 aromatic carbocycles. The Morgan fingerprint density at radius 2 is 0.687 bits per heavy atom. The maximum atomic E-state index is 15.8. The van der Waals surface area contributed by atoms with Crippen LogP contribution in [-0.2, 0) is 0 Å². The molecule has 1 unspecified atom stereocenters. The van der Waals surface area contributed by atoms with Crippen molar-refractivity contribution in [2.24, 2.45) is 0 Å². The first-order chi connectivity index (χ1) is 31.7. The largest absolute Gasteiger partial charge is 0.441 e. The lowest BCUT2D eigenvalue weighted by Gasteiger charge is -2.12. The number of aromatic amines is 2. The van der Waals surface area contributed by atoms with Crippen LogP contribution in [0.15, 0.2) is 33.1 Å². The Morgan fingerprint density at radius 1 is 0.358 bits per heavy atom. The molecule has 1 aliphatic rings. The SMILES string of the molecule is OC1Oc2nc1c(-c1c(F)c(F)c(F)c(F)c1F)c1ccc([nH]1)c1c(nc3oc4c(F)c(F)c(F)c(F)c4c3c3ccc([nH]3)c2-c2c(F)c(F)c(F)c(F)c2F)oc2c(F)c(F)c(F)c(F)c21. The number of H-pyrrole nitrogens is 2. The van der Waals surface area contributed by atoms with Gasteiger partial charge in [-0.05, 0) is 24.3 Å². The van der Waals surface area contributed by atoms with Crippen molar-refractivity contribution in [2.45, 2.75) is 6.29 Å². The maximum absolute atomic E-state index is 15.8. The smallest absolute Gasteiger partial charge is 0.244 e. The number of nitrogens with zero attached hydrogens (tertiary/aromatic N) is 2. The summed E-state index contributed by atoms with van der Waals surface area (Å²) in [6.45, 7) is 0. The number of nitrogens with one attached hydrogen (secondary N) is 2. The lowest BCUT2D eigenvalue weighted by Crippen LogP contribution is -2.08. The number of ether oxygens (including phenoxy) is 1.